The summed E-state index contributed by atoms with van der Waals surface area (Å²) in [4.78, 5) is 16.1. The van der Waals surface area contributed by atoms with Crippen LogP contribution in [-0.4, -0.2) is 23.9 Å². The summed E-state index contributed by atoms with van der Waals surface area (Å²) in [5.41, 5.74) is 6.70. The molecule has 3 nitrogen and oxygen atoms in total. The molecule has 4 heteroatoms. The van der Waals surface area contributed by atoms with Crippen molar-refractivity contribution in [3.8, 4) is 0 Å². The van der Waals surface area contributed by atoms with E-state index in [-0.39, 0.29) is 11.9 Å². The number of amides is 1. The summed E-state index contributed by atoms with van der Waals surface area (Å²) < 4.78 is 0. The Morgan fingerprint density at radius 3 is 3.00 bits per heavy atom. The van der Waals surface area contributed by atoms with E-state index in [9.17, 15) is 4.79 Å². The van der Waals surface area contributed by atoms with E-state index in [1.165, 1.54) is 10.4 Å². The van der Waals surface area contributed by atoms with Gasteiger partial charge in [-0.25, -0.2) is 0 Å². The summed E-state index contributed by atoms with van der Waals surface area (Å²) in [6.07, 6.45) is 1.77. The van der Waals surface area contributed by atoms with Gasteiger partial charge in [-0.1, -0.05) is 6.92 Å². The average Bonchev–Trinajstić information content (AvgIpc) is 2.86. The molecule has 1 aromatic rings. The van der Waals surface area contributed by atoms with Crippen molar-refractivity contribution in [3.05, 3.63) is 21.9 Å². The normalized spacial score (nSPS) is 22.4. The van der Waals surface area contributed by atoms with Crippen molar-refractivity contribution in [3.63, 3.8) is 0 Å². The van der Waals surface area contributed by atoms with E-state index in [0.29, 0.717) is 6.54 Å². The van der Waals surface area contributed by atoms with Crippen LogP contribution in [0.3, 0.4) is 0 Å². The predicted molar refractivity (Wildman–Crippen MR) is 75.6 cm³/mol. The van der Waals surface area contributed by atoms with E-state index >= 15 is 0 Å². The van der Waals surface area contributed by atoms with Gasteiger partial charge < -0.3 is 10.6 Å². The molecule has 0 aromatic carbocycles. The molecule has 1 amide bonds. The van der Waals surface area contributed by atoms with Crippen molar-refractivity contribution in [1.82, 2.24) is 4.90 Å². The molecule has 2 atom stereocenters. The van der Waals surface area contributed by atoms with Crippen LogP contribution < -0.4 is 5.73 Å². The van der Waals surface area contributed by atoms with Gasteiger partial charge in [-0.05, 0) is 43.7 Å². The molecule has 1 aliphatic heterocycles. The first kappa shape index (κ1) is 13.6. The summed E-state index contributed by atoms with van der Waals surface area (Å²) in [6, 6.07) is 2.33. The molecule has 0 fully saturated rings. The van der Waals surface area contributed by atoms with E-state index < -0.39 is 5.41 Å². The molecular weight excluding hydrogens is 244 g/mol. The highest BCUT2D eigenvalue weighted by molar-refractivity contribution is 7.10. The number of hydrogen-bond acceptors (Lipinski definition) is 3. The second kappa shape index (κ2) is 5.02. The minimum atomic E-state index is -0.415. The summed E-state index contributed by atoms with van der Waals surface area (Å²) >= 11 is 1.80. The van der Waals surface area contributed by atoms with Crippen LogP contribution >= 0.6 is 11.3 Å². The van der Waals surface area contributed by atoms with E-state index in [2.05, 4.69) is 18.4 Å². The average molecular weight is 266 g/mol. The van der Waals surface area contributed by atoms with Crippen LogP contribution in [0.1, 0.15) is 43.7 Å². The smallest absolute Gasteiger partial charge is 0.230 e. The van der Waals surface area contributed by atoms with Gasteiger partial charge in [-0.3, -0.25) is 4.79 Å². The molecule has 2 unspecified atom stereocenters. The quantitative estimate of drug-likeness (QED) is 0.914. The topological polar surface area (TPSA) is 46.3 Å². The van der Waals surface area contributed by atoms with Crippen molar-refractivity contribution in [2.24, 2.45) is 11.1 Å². The Kier molecular flexibility index (Phi) is 3.78. The van der Waals surface area contributed by atoms with Crippen molar-refractivity contribution >= 4 is 17.2 Å². The standard InChI is InChI=1S/C14H22N2OS/c1-4-14(3,9-15)13(17)16-7-5-12-11(10(16)2)6-8-18-12/h6,8,10H,4-5,7,9,15H2,1-3H3. The van der Waals surface area contributed by atoms with Gasteiger partial charge in [0.05, 0.1) is 11.5 Å². The highest BCUT2D eigenvalue weighted by Gasteiger charge is 2.38. The Morgan fingerprint density at radius 2 is 2.39 bits per heavy atom. The third-order valence-corrected chi connectivity index (χ3v) is 5.28. The largest absolute Gasteiger partial charge is 0.335 e. The predicted octanol–water partition coefficient (Wildman–Crippen LogP) is 2.57. The van der Waals surface area contributed by atoms with Crippen LogP contribution in [0, 0.1) is 5.41 Å². The van der Waals surface area contributed by atoms with Gasteiger partial charge in [0, 0.05) is 18.0 Å². The lowest BCUT2D eigenvalue weighted by Crippen LogP contribution is -2.49. The first-order chi connectivity index (χ1) is 8.53. The fourth-order valence-corrected chi connectivity index (χ4v) is 3.48. The maximum Gasteiger partial charge on any atom is 0.230 e. The molecule has 0 radical (unpaired) electrons. The number of fused-ring (bicyclic) bond motifs is 1. The number of carbonyl (C=O) groups is 1. The van der Waals surface area contributed by atoms with E-state index in [4.69, 9.17) is 5.73 Å². The minimum Gasteiger partial charge on any atom is -0.335 e. The molecule has 1 aromatic heterocycles. The molecule has 0 aliphatic carbocycles. The van der Waals surface area contributed by atoms with Crippen LogP contribution in [-0.2, 0) is 11.2 Å². The molecule has 2 rings (SSSR count). The number of nitrogens with zero attached hydrogens (tertiary/aromatic N) is 1. The molecular formula is C14H22N2OS. The molecule has 0 saturated heterocycles. The molecule has 2 N–H and O–H groups in total. The van der Waals surface area contributed by atoms with E-state index in [1.54, 1.807) is 11.3 Å². The fourth-order valence-electron chi connectivity index (χ4n) is 2.52. The Labute approximate surface area is 113 Å². The van der Waals surface area contributed by atoms with Crippen molar-refractivity contribution in [2.45, 2.75) is 39.7 Å². The first-order valence-corrected chi connectivity index (χ1v) is 7.49. The first-order valence-electron chi connectivity index (χ1n) is 6.61. The Morgan fingerprint density at radius 1 is 1.67 bits per heavy atom. The second-order valence-corrected chi connectivity index (χ2v) is 6.34. The lowest BCUT2D eigenvalue weighted by molar-refractivity contribution is -0.143. The molecule has 18 heavy (non-hydrogen) atoms. The van der Waals surface area contributed by atoms with Crippen molar-refractivity contribution in [1.29, 1.82) is 0 Å². The van der Waals surface area contributed by atoms with Gasteiger partial charge >= 0.3 is 0 Å². The molecule has 1 aliphatic rings. The van der Waals surface area contributed by atoms with Crippen LogP contribution in [0.5, 0.6) is 0 Å². The summed E-state index contributed by atoms with van der Waals surface area (Å²) in [6.45, 7) is 7.38. The van der Waals surface area contributed by atoms with Crippen LogP contribution in [0.2, 0.25) is 0 Å². The third kappa shape index (κ3) is 2.08. The zero-order chi connectivity index (χ0) is 13.3. The van der Waals surface area contributed by atoms with Gasteiger partial charge in [-0.15, -0.1) is 11.3 Å². The van der Waals surface area contributed by atoms with Gasteiger partial charge in [0.15, 0.2) is 0 Å². The minimum absolute atomic E-state index is 0.185. The number of rotatable bonds is 3. The Bertz CT molecular complexity index is 437. The summed E-state index contributed by atoms with van der Waals surface area (Å²) in [5.74, 6) is 0.205. The maximum atomic E-state index is 12.7. The number of nitrogens with two attached hydrogens (primary N) is 1. The molecule has 0 bridgehead atoms. The van der Waals surface area contributed by atoms with Crippen LogP contribution in [0.15, 0.2) is 11.4 Å². The highest BCUT2D eigenvalue weighted by atomic mass is 32.1. The molecule has 0 spiro atoms. The number of thiophene rings is 1. The summed E-state index contributed by atoms with van der Waals surface area (Å²) in [7, 11) is 0. The summed E-state index contributed by atoms with van der Waals surface area (Å²) in [5, 5.41) is 2.12. The highest BCUT2D eigenvalue weighted by Crippen LogP contribution is 2.36. The molecule has 0 saturated carbocycles. The van der Waals surface area contributed by atoms with Crippen LogP contribution in [0.25, 0.3) is 0 Å². The fraction of sp³-hybridized carbons (Fsp3) is 0.643. The maximum absolute atomic E-state index is 12.7. The second-order valence-electron chi connectivity index (χ2n) is 5.34. The van der Waals surface area contributed by atoms with Gasteiger partial charge in [0.2, 0.25) is 5.91 Å². The van der Waals surface area contributed by atoms with Crippen LogP contribution in [0.4, 0.5) is 0 Å². The Balaban J connectivity index is 2.24. The Hall–Kier alpha value is -0.870. The zero-order valence-corrected chi connectivity index (χ0v) is 12.2. The molecule has 2 heterocycles. The lowest BCUT2D eigenvalue weighted by Gasteiger charge is -2.39. The van der Waals surface area contributed by atoms with Gasteiger partial charge in [0.1, 0.15) is 0 Å². The van der Waals surface area contributed by atoms with E-state index in [0.717, 1.165) is 19.4 Å². The van der Waals surface area contributed by atoms with Gasteiger partial charge in [-0.2, -0.15) is 0 Å². The lowest BCUT2D eigenvalue weighted by atomic mass is 9.84. The molecule has 100 valence electrons. The monoisotopic (exact) mass is 266 g/mol. The SMILES string of the molecule is CCC(C)(CN)C(=O)N1CCc2sccc2C1C. The van der Waals surface area contributed by atoms with Gasteiger partial charge in [0.25, 0.3) is 0 Å². The van der Waals surface area contributed by atoms with Crippen molar-refractivity contribution < 1.29 is 4.79 Å². The third-order valence-electron chi connectivity index (χ3n) is 4.29. The zero-order valence-electron chi connectivity index (χ0n) is 11.4. The van der Waals surface area contributed by atoms with E-state index in [1.807, 2.05) is 18.7 Å². The number of carbonyl (C=O) groups excluding carboxylic acids is 1. The van der Waals surface area contributed by atoms with Crippen molar-refractivity contribution in [2.75, 3.05) is 13.1 Å². The number of hydrogen-bond donors (Lipinski definition) is 1.